The lowest BCUT2D eigenvalue weighted by molar-refractivity contribution is 0.168. The Bertz CT molecular complexity index is 409. The molecule has 4 nitrogen and oxygen atoms in total. The zero-order valence-corrected chi connectivity index (χ0v) is 10.9. The second-order valence-electron chi connectivity index (χ2n) is 4.48. The summed E-state index contributed by atoms with van der Waals surface area (Å²) in [7, 11) is 0. The van der Waals surface area contributed by atoms with Crippen LogP contribution in [-0.4, -0.2) is 23.9 Å². The molecule has 2 N–H and O–H groups in total. The monoisotopic (exact) mass is 248 g/mol. The average molecular weight is 248 g/mol. The second-order valence-corrected chi connectivity index (χ2v) is 4.48. The highest BCUT2D eigenvalue weighted by Crippen LogP contribution is 2.19. The molecule has 0 saturated heterocycles. The van der Waals surface area contributed by atoms with Crippen molar-refractivity contribution in [2.75, 3.05) is 13.2 Å². The summed E-state index contributed by atoms with van der Waals surface area (Å²) in [5.41, 5.74) is 0.698. The lowest BCUT2D eigenvalue weighted by atomic mass is 10.00. The third-order valence-corrected chi connectivity index (χ3v) is 3.10. The molecule has 0 fully saturated rings. The van der Waals surface area contributed by atoms with Gasteiger partial charge in [0.2, 0.25) is 0 Å². The van der Waals surface area contributed by atoms with Crippen LogP contribution in [0.5, 0.6) is 5.75 Å². The fraction of sp³-hybridized carbons (Fsp3) is 0.500. The quantitative estimate of drug-likeness (QED) is 0.772. The second kappa shape index (κ2) is 7.00. The number of aliphatic hydroxyl groups excluding tert-OH is 1. The van der Waals surface area contributed by atoms with Gasteiger partial charge >= 0.3 is 0 Å². The maximum Gasteiger partial charge on any atom is 0.174 e. The first kappa shape index (κ1) is 14.5. The van der Waals surface area contributed by atoms with E-state index >= 15 is 0 Å². The molecule has 0 aliphatic rings. The number of benzene rings is 1. The Kier molecular flexibility index (Phi) is 5.63. The van der Waals surface area contributed by atoms with Crippen LogP contribution in [0.15, 0.2) is 24.3 Å². The molecule has 0 bridgehead atoms. The first-order valence-electron chi connectivity index (χ1n) is 6.08. The molecule has 0 spiro atoms. The number of hydrogen-bond acceptors (Lipinski definition) is 4. The first-order valence-corrected chi connectivity index (χ1v) is 6.08. The minimum atomic E-state index is -0.289. The van der Waals surface area contributed by atoms with Crippen LogP contribution >= 0.6 is 0 Å². The van der Waals surface area contributed by atoms with Gasteiger partial charge < -0.3 is 15.2 Å². The fourth-order valence-corrected chi connectivity index (χ4v) is 1.50. The molecule has 98 valence electrons. The van der Waals surface area contributed by atoms with Gasteiger partial charge in [-0.05, 0) is 19.4 Å². The van der Waals surface area contributed by atoms with Crippen LogP contribution < -0.4 is 10.1 Å². The van der Waals surface area contributed by atoms with E-state index in [0.29, 0.717) is 12.3 Å². The molecule has 0 aliphatic heterocycles. The summed E-state index contributed by atoms with van der Waals surface area (Å²) in [6, 6.07) is 9.56. The van der Waals surface area contributed by atoms with E-state index in [-0.39, 0.29) is 18.8 Å². The van der Waals surface area contributed by atoms with E-state index in [1.165, 1.54) is 0 Å². The first-order chi connectivity index (χ1) is 8.65. The van der Waals surface area contributed by atoms with Crippen molar-refractivity contribution in [2.45, 2.75) is 32.4 Å². The van der Waals surface area contributed by atoms with E-state index in [2.05, 4.69) is 5.32 Å². The molecule has 0 amide bonds. The molecule has 0 radical (unpaired) electrons. The molecular formula is C14H20N2O2. The van der Waals surface area contributed by atoms with E-state index in [4.69, 9.17) is 10.00 Å². The van der Waals surface area contributed by atoms with Crippen molar-refractivity contribution in [1.82, 2.24) is 5.32 Å². The molecular weight excluding hydrogens is 228 g/mol. The Balaban J connectivity index is 2.69. The van der Waals surface area contributed by atoms with Gasteiger partial charge in [0.1, 0.15) is 11.8 Å². The van der Waals surface area contributed by atoms with E-state index in [1.807, 2.05) is 44.2 Å². The number of rotatable bonds is 7. The van der Waals surface area contributed by atoms with E-state index in [0.717, 1.165) is 12.0 Å². The predicted octanol–water partition coefficient (Wildman–Crippen LogP) is 1.84. The Labute approximate surface area is 108 Å². The smallest absolute Gasteiger partial charge is 0.174 e. The molecule has 1 aromatic carbocycles. The molecule has 18 heavy (non-hydrogen) atoms. The molecule has 1 rings (SSSR count). The SMILES string of the molecule is CCC(C)(CO)NCc1ccccc1OCC#N. The summed E-state index contributed by atoms with van der Waals surface area (Å²) in [6.45, 7) is 4.74. The number of aliphatic hydroxyl groups is 1. The molecule has 4 heteroatoms. The Morgan fingerprint density at radius 3 is 2.78 bits per heavy atom. The number of nitriles is 1. The highest BCUT2D eigenvalue weighted by molar-refractivity contribution is 5.33. The van der Waals surface area contributed by atoms with Crippen LogP contribution in [0, 0.1) is 11.3 Å². The van der Waals surface area contributed by atoms with Gasteiger partial charge in [-0.25, -0.2) is 0 Å². The Morgan fingerprint density at radius 2 is 2.17 bits per heavy atom. The van der Waals surface area contributed by atoms with Gasteiger partial charge in [-0.2, -0.15) is 5.26 Å². The molecule has 1 atom stereocenters. The molecule has 0 heterocycles. The van der Waals surface area contributed by atoms with E-state index in [1.54, 1.807) is 0 Å². The van der Waals surface area contributed by atoms with Crippen molar-refractivity contribution >= 4 is 0 Å². The minimum absolute atomic E-state index is 0.0437. The number of para-hydroxylation sites is 1. The van der Waals surface area contributed by atoms with Gasteiger partial charge in [-0.15, -0.1) is 0 Å². The fourth-order valence-electron chi connectivity index (χ4n) is 1.50. The summed E-state index contributed by atoms with van der Waals surface area (Å²) in [4.78, 5) is 0. The van der Waals surface area contributed by atoms with Gasteiger partial charge in [-0.3, -0.25) is 0 Å². The average Bonchev–Trinajstić information content (AvgIpc) is 2.43. The van der Waals surface area contributed by atoms with Gasteiger partial charge in [-0.1, -0.05) is 25.1 Å². The third-order valence-electron chi connectivity index (χ3n) is 3.10. The lowest BCUT2D eigenvalue weighted by Crippen LogP contribution is -2.44. The summed E-state index contributed by atoms with van der Waals surface area (Å²) in [5.74, 6) is 0.711. The third kappa shape index (κ3) is 4.02. The minimum Gasteiger partial charge on any atom is -0.478 e. The number of nitrogens with zero attached hydrogens (tertiary/aromatic N) is 1. The summed E-state index contributed by atoms with van der Waals surface area (Å²) < 4.78 is 5.36. The topological polar surface area (TPSA) is 65.3 Å². The zero-order valence-electron chi connectivity index (χ0n) is 10.9. The van der Waals surface area contributed by atoms with Crippen molar-refractivity contribution in [3.63, 3.8) is 0 Å². The van der Waals surface area contributed by atoms with Gasteiger partial charge in [0, 0.05) is 17.6 Å². The van der Waals surface area contributed by atoms with Crippen LogP contribution in [-0.2, 0) is 6.54 Å². The summed E-state index contributed by atoms with van der Waals surface area (Å²) in [6.07, 6.45) is 0.838. The molecule has 1 aromatic rings. The standard InChI is InChI=1S/C14H20N2O2/c1-3-14(2,11-17)16-10-12-6-4-5-7-13(12)18-9-8-15/h4-7,16-17H,3,9-11H2,1-2H3. The Hall–Kier alpha value is -1.57. The number of ether oxygens (including phenoxy) is 1. The summed E-state index contributed by atoms with van der Waals surface area (Å²) >= 11 is 0. The number of nitrogens with one attached hydrogen (secondary N) is 1. The normalized spacial score (nSPS) is 13.7. The zero-order chi connectivity index (χ0) is 13.4. The van der Waals surface area contributed by atoms with Gasteiger partial charge in [0.25, 0.3) is 0 Å². The van der Waals surface area contributed by atoms with Gasteiger partial charge in [0.15, 0.2) is 6.61 Å². The molecule has 0 aromatic heterocycles. The van der Waals surface area contributed by atoms with Gasteiger partial charge in [0.05, 0.1) is 6.61 Å². The van der Waals surface area contributed by atoms with Crippen molar-refractivity contribution < 1.29 is 9.84 Å². The highest BCUT2D eigenvalue weighted by atomic mass is 16.5. The van der Waals surface area contributed by atoms with Crippen LogP contribution in [0.2, 0.25) is 0 Å². The largest absolute Gasteiger partial charge is 0.478 e. The maximum absolute atomic E-state index is 9.34. The molecule has 0 aliphatic carbocycles. The van der Waals surface area contributed by atoms with E-state index in [9.17, 15) is 5.11 Å². The predicted molar refractivity (Wildman–Crippen MR) is 70.2 cm³/mol. The molecule has 1 unspecified atom stereocenters. The summed E-state index contributed by atoms with van der Waals surface area (Å²) in [5, 5.41) is 21.2. The highest BCUT2D eigenvalue weighted by Gasteiger charge is 2.20. The van der Waals surface area contributed by atoms with Crippen molar-refractivity contribution in [3.8, 4) is 11.8 Å². The number of hydrogen-bond donors (Lipinski definition) is 2. The maximum atomic E-state index is 9.34. The molecule has 0 saturated carbocycles. The van der Waals surface area contributed by atoms with E-state index < -0.39 is 0 Å². The van der Waals surface area contributed by atoms with Crippen molar-refractivity contribution in [1.29, 1.82) is 5.26 Å². The van der Waals surface area contributed by atoms with Crippen LogP contribution in [0.1, 0.15) is 25.8 Å². The Morgan fingerprint density at radius 1 is 1.44 bits per heavy atom. The van der Waals surface area contributed by atoms with Crippen LogP contribution in [0.3, 0.4) is 0 Å². The van der Waals surface area contributed by atoms with Crippen molar-refractivity contribution in [3.05, 3.63) is 29.8 Å². The van der Waals surface area contributed by atoms with Crippen LogP contribution in [0.25, 0.3) is 0 Å². The van der Waals surface area contributed by atoms with Crippen LogP contribution in [0.4, 0.5) is 0 Å². The lowest BCUT2D eigenvalue weighted by Gasteiger charge is -2.27. The van der Waals surface area contributed by atoms with Crippen molar-refractivity contribution in [2.24, 2.45) is 0 Å².